The van der Waals surface area contributed by atoms with Crippen LogP contribution in [0.1, 0.15) is 67.8 Å². The van der Waals surface area contributed by atoms with Crippen LogP contribution in [-0.4, -0.2) is 39.0 Å². The molecule has 3 aromatic carbocycles. The van der Waals surface area contributed by atoms with Crippen molar-refractivity contribution >= 4 is 33.0 Å². The van der Waals surface area contributed by atoms with E-state index in [1.54, 1.807) is 7.11 Å². The number of hydrogen-bond donors (Lipinski definition) is 0. The fourth-order valence-corrected chi connectivity index (χ4v) is 7.60. The first-order chi connectivity index (χ1) is 19.1. The smallest absolute Gasteiger partial charge is 0.232 e. The lowest BCUT2D eigenvalue weighted by atomic mass is 9.83. The first kappa shape index (κ1) is 28.5. The van der Waals surface area contributed by atoms with Crippen LogP contribution in [0.25, 0.3) is 0 Å². The number of methoxy groups -OCH3 is 1. The van der Waals surface area contributed by atoms with Crippen molar-refractivity contribution in [2.45, 2.75) is 58.1 Å². The summed E-state index contributed by atoms with van der Waals surface area (Å²) in [5.41, 5.74) is 4.80. The number of sulfone groups is 1. The molecule has 2 atom stereocenters. The summed E-state index contributed by atoms with van der Waals surface area (Å²) in [6.45, 7) is 6.11. The third-order valence-corrected chi connectivity index (χ3v) is 10.1. The fourth-order valence-electron chi connectivity index (χ4n) is 5.95. The summed E-state index contributed by atoms with van der Waals surface area (Å²) in [5, 5.41) is 0.630. The molecule has 5 rings (SSSR count). The van der Waals surface area contributed by atoms with Gasteiger partial charge in [0.25, 0.3) is 0 Å². The van der Waals surface area contributed by atoms with Crippen molar-refractivity contribution < 1.29 is 22.7 Å². The highest BCUT2D eigenvalue weighted by molar-refractivity contribution is 7.91. The van der Waals surface area contributed by atoms with Crippen LogP contribution in [0.4, 0.5) is 5.69 Å². The van der Waals surface area contributed by atoms with Gasteiger partial charge in [-0.3, -0.25) is 4.79 Å². The van der Waals surface area contributed by atoms with E-state index >= 15 is 0 Å². The molecule has 0 N–H and O–H groups in total. The topological polar surface area (TPSA) is 72.9 Å². The minimum atomic E-state index is -2.90. The molecule has 212 valence electrons. The molecule has 8 heteroatoms. The van der Waals surface area contributed by atoms with Gasteiger partial charge in [-0.25, -0.2) is 8.42 Å². The highest BCUT2D eigenvalue weighted by Crippen LogP contribution is 2.44. The largest absolute Gasteiger partial charge is 0.493 e. The van der Waals surface area contributed by atoms with Crippen molar-refractivity contribution in [2.75, 3.05) is 23.5 Å². The van der Waals surface area contributed by atoms with Crippen LogP contribution in [-0.2, 0) is 21.1 Å². The molecule has 6 nitrogen and oxygen atoms in total. The number of anilines is 1. The van der Waals surface area contributed by atoms with E-state index in [0.717, 1.165) is 27.9 Å². The van der Waals surface area contributed by atoms with Gasteiger partial charge in [0.2, 0.25) is 5.91 Å². The monoisotopic (exact) mass is 581 g/mol. The number of benzene rings is 3. The Balaban J connectivity index is 1.53. The van der Waals surface area contributed by atoms with Crippen LogP contribution < -0.4 is 14.4 Å². The van der Waals surface area contributed by atoms with E-state index in [0.29, 0.717) is 35.3 Å². The zero-order valence-corrected chi connectivity index (χ0v) is 25.0. The van der Waals surface area contributed by atoms with Gasteiger partial charge in [-0.15, -0.1) is 0 Å². The molecule has 2 aliphatic heterocycles. The maximum atomic E-state index is 13.8. The fraction of sp³-hybridized carbons (Fsp3) is 0.406. The number of ether oxygens (including phenoxy) is 2. The maximum absolute atomic E-state index is 13.8. The second kappa shape index (κ2) is 11.5. The molecule has 2 aliphatic rings. The summed E-state index contributed by atoms with van der Waals surface area (Å²) in [6.07, 6.45) is 1.58. The number of nitrogens with zero attached hydrogens (tertiary/aromatic N) is 1. The van der Waals surface area contributed by atoms with Gasteiger partial charge >= 0.3 is 0 Å². The van der Waals surface area contributed by atoms with Gasteiger partial charge in [0.05, 0.1) is 37.2 Å². The average molecular weight is 582 g/mol. The van der Waals surface area contributed by atoms with E-state index in [9.17, 15) is 13.2 Å². The van der Waals surface area contributed by atoms with Crippen molar-refractivity contribution in [1.82, 2.24) is 0 Å². The Kier molecular flexibility index (Phi) is 8.16. The van der Waals surface area contributed by atoms with Crippen LogP contribution in [0.3, 0.4) is 0 Å². The molecule has 2 heterocycles. The van der Waals surface area contributed by atoms with Crippen LogP contribution in [0.2, 0.25) is 5.02 Å². The van der Waals surface area contributed by atoms with E-state index in [1.165, 1.54) is 0 Å². The van der Waals surface area contributed by atoms with Gasteiger partial charge in [0.1, 0.15) is 9.84 Å². The Labute approximate surface area is 242 Å². The molecule has 0 bridgehead atoms. The molecular formula is C32H36ClNO5S. The van der Waals surface area contributed by atoms with E-state index in [4.69, 9.17) is 21.1 Å². The van der Waals surface area contributed by atoms with E-state index in [1.807, 2.05) is 67.3 Å². The number of rotatable bonds is 7. The lowest BCUT2D eigenvalue weighted by Crippen LogP contribution is -2.41. The zero-order chi connectivity index (χ0) is 28.6. The summed E-state index contributed by atoms with van der Waals surface area (Å²) < 4.78 is 35.5. The second-order valence-electron chi connectivity index (χ2n) is 11.1. The lowest BCUT2D eigenvalue weighted by molar-refractivity contribution is -0.118. The van der Waals surface area contributed by atoms with Crippen LogP contribution in [0.15, 0.2) is 60.7 Å². The predicted octanol–water partition coefficient (Wildman–Crippen LogP) is 6.74. The molecule has 40 heavy (non-hydrogen) atoms. The van der Waals surface area contributed by atoms with Gasteiger partial charge in [0.15, 0.2) is 11.5 Å². The third-order valence-electron chi connectivity index (χ3n) is 8.14. The number of halogens is 1. The summed E-state index contributed by atoms with van der Waals surface area (Å²) in [5.74, 6) is 2.33. The van der Waals surface area contributed by atoms with Crippen LogP contribution in [0.5, 0.6) is 11.5 Å². The molecule has 0 aromatic heterocycles. The number of fused-ring (bicyclic) bond motifs is 1. The standard InChI is InChI=1S/C32H36ClNO5S/c1-20(2)39-30-19-28-25(17-29(30)38-4)18-31(35)34(32(28)24-5-9-26(33)10-6-24)27-11-7-22(8-12-27)21(3)23-13-15-40(36,37)16-14-23/h5-12,17,19-21,23,32H,13-16,18H2,1-4H3/t21-,32+/m1/s1. The van der Waals surface area contributed by atoms with Gasteiger partial charge in [0, 0.05) is 10.7 Å². The summed E-state index contributed by atoms with van der Waals surface area (Å²) in [4.78, 5) is 15.6. The molecule has 0 spiro atoms. The average Bonchev–Trinajstić information content (AvgIpc) is 2.92. The number of carbonyl (C=O) groups excluding carboxylic acids is 1. The number of carbonyl (C=O) groups is 1. The number of hydrogen-bond acceptors (Lipinski definition) is 5. The maximum Gasteiger partial charge on any atom is 0.232 e. The molecule has 3 aromatic rings. The van der Waals surface area contributed by atoms with Gasteiger partial charge < -0.3 is 14.4 Å². The third kappa shape index (κ3) is 5.86. The van der Waals surface area contributed by atoms with Crippen molar-refractivity contribution in [3.05, 3.63) is 87.9 Å². The Hall–Kier alpha value is -3.03. The second-order valence-corrected chi connectivity index (χ2v) is 13.9. The molecule has 0 unspecified atom stereocenters. The van der Waals surface area contributed by atoms with Gasteiger partial charge in [-0.2, -0.15) is 0 Å². The van der Waals surface area contributed by atoms with Crippen LogP contribution >= 0.6 is 11.6 Å². The number of amides is 1. The quantitative estimate of drug-likeness (QED) is 0.309. The van der Waals surface area contributed by atoms with E-state index in [-0.39, 0.29) is 41.9 Å². The van der Waals surface area contributed by atoms with Crippen molar-refractivity contribution in [1.29, 1.82) is 0 Å². The Morgan fingerprint density at radius 3 is 2.17 bits per heavy atom. The lowest BCUT2D eigenvalue weighted by Gasteiger charge is -2.38. The predicted molar refractivity (Wildman–Crippen MR) is 159 cm³/mol. The van der Waals surface area contributed by atoms with Gasteiger partial charge in [-0.05, 0) is 97.2 Å². The highest BCUT2D eigenvalue weighted by atomic mass is 35.5. The molecule has 0 saturated carbocycles. The van der Waals surface area contributed by atoms with Crippen molar-refractivity contribution in [3.63, 3.8) is 0 Å². The summed E-state index contributed by atoms with van der Waals surface area (Å²) in [7, 11) is -1.29. The molecule has 0 aliphatic carbocycles. The van der Waals surface area contributed by atoms with Crippen LogP contribution in [0, 0.1) is 5.92 Å². The highest BCUT2D eigenvalue weighted by Gasteiger charge is 2.36. The van der Waals surface area contributed by atoms with E-state index in [2.05, 4.69) is 19.1 Å². The first-order valence-electron chi connectivity index (χ1n) is 13.8. The van der Waals surface area contributed by atoms with Gasteiger partial charge in [-0.1, -0.05) is 42.8 Å². The molecule has 1 fully saturated rings. The molecule has 0 radical (unpaired) electrons. The molecular weight excluding hydrogens is 546 g/mol. The molecule has 1 saturated heterocycles. The summed E-state index contributed by atoms with van der Waals surface area (Å²) in [6, 6.07) is 19.3. The van der Waals surface area contributed by atoms with Crippen molar-refractivity contribution in [3.8, 4) is 11.5 Å². The SMILES string of the molecule is COc1cc2c(cc1OC(C)C)[C@H](c1ccc(Cl)cc1)N(c1ccc([C@@H](C)C3CCS(=O)(=O)CC3)cc1)C(=O)C2. The van der Waals surface area contributed by atoms with E-state index < -0.39 is 9.84 Å². The molecule has 1 amide bonds. The normalized spacial score (nSPS) is 19.8. The first-order valence-corrected chi connectivity index (χ1v) is 16.0. The minimum Gasteiger partial charge on any atom is -0.493 e. The Morgan fingerprint density at radius 2 is 1.57 bits per heavy atom. The summed E-state index contributed by atoms with van der Waals surface area (Å²) >= 11 is 6.23. The van der Waals surface area contributed by atoms with Crippen molar-refractivity contribution in [2.24, 2.45) is 5.92 Å². The zero-order valence-electron chi connectivity index (χ0n) is 23.4. The Morgan fingerprint density at radius 1 is 0.925 bits per heavy atom. The minimum absolute atomic E-state index is 0.00897. The Bertz CT molecular complexity index is 1470.